The summed E-state index contributed by atoms with van der Waals surface area (Å²) >= 11 is 1.64. The lowest BCUT2D eigenvalue weighted by Crippen LogP contribution is -2.65. The number of nitrogens with one attached hydrogen (secondary N) is 1. The summed E-state index contributed by atoms with van der Waals surface area (Å²) in [4.78, 5) is 16.4. The SMILES string of the molecule is Cc1cccc2cc(C(=O)NC3C4CCN(CC4)C34CC4)sc12. The van der Waals surface area contributed by atoms with Gasteiger partial charge in [-0.05, 0) is 68.6 Å². The lowest BCUT2D eigenvalue weighted by molar-refractivity contribution is -0.00138. The molecule has 4 heterocycles. The molecule has 1 amide bonds. The minimum atomic E-state index is 0.135. The average molecular weight is 326 g/mol. The maximum atomic E-state index is 12.9. The van der Waals surface area contributed by atoms with Crippen LogP contribution in [0.25, 0.3) is 10.1 Å². The van der Waals surface area contributed by atoms with Crippen molar-refractivity contribution < 1.29 is 4.79 Å². The summed E-state index contributed by atoms with van der Waals surface area (Å²) in [6.45, 7) is 4.59. The highest BCUT2D eigenvalue weighted by Crippen LogP contribution is 2.53. The topological polar surface area (TPSA) is 32.3 Å². The lowest BCUT2D eigenvalue weighted by atomic mass is 9.77. The first-order valence-electron chi connectivity index (χ1n) is 8.72. The fraction of sp³-hybridized carbons (Fsp3) is 0.526. The molecule has 6 rings (SSSR count). The third-order valence-corrected chi connectivity index (χ3v) is 7.52. The number of rotatable bonds is 2. The third kappa shape index (κ3) is 2.01. The highest BCUT2D eigenvalue weighted by Gasteiger charge is 2.60. The second-order valence-corrected chi connectivity index (χ2v) is 8.54. The van der Waals surface area contributed by atoms with E-state index in [1.807, 2.05) is 0 Å². The van der Waals surface area contributed by atoms with E-state index in [0.29, 0.717) is 17.5 Å². The summed E-state index contributed by atoms with van der Waals surface area (Å²) in [5.41, 5.74) is 1.57. The van der Waals surface area contributed by atoms with Gasteiger partial charge in [-0.25, -0.2) is 0 Å². The number of carbonyl (C=O) groups excluding carboxylic acids is 1. The molecule has 2 aromatic rings. The number of piperidine rings is 3. The minimum absolute atomic E-state index is 0.135. The Kier molecular flexibility index (Phi) is 2.92. The maximum Gasteiger partial charge on any atom is 0.261 e. The molecule has 0 radical (unpaired) electrons. The zero-order valence-electron chi connectivity index (χ0n) is 13.5. The fourth-order valence-electron chi connectivity index (χ4n) is 4.85. The van der Waals surface area contributed by atoms with Crippen LogP contribution in [0.3, 0.4) is 0 Å². The van der Waals surface area contributed by atoms with Crippen LogP contribution in [-0.2, 0) is 0 Å². The van der Waals surface area contributed by atoms with Gasteiger partial charge in [0.1, 0.15) is 0 Å². The first kappa shape index (κ1) is 14.0. The standard InChI is InChI=1S/C19H22N2OS/c1-12-3-2-4-14-11-15(23-16(12)14)18(22)20-17-13-5-9-21(10-6-13)19(17)7-8-19/h2-4,11,13,17H,5-10H2,1H3,(H,20,22). The van der Waals surface area contributed by atoms with Crippen LogP contribution in [0.1, 0.15) is 40.9 Å². The molecule has 23 heavy (non-hydrogen) atoms. The predicted molar refractivity (Wildman–Crippen MR) is 94.1 cm³/mol. The first-order chi connectivity index (χ1) is 11.2. The summed E-state index contributed by atoms with van der Waals surface area (Å²) < 4.78 is 1.24. The Bertz CT molecular complexity index is 784. The van der Waals surface area contributed by atoms with Gasteiger partial charge in [-0.3, -0.25) is 9.69 Å². The van der Waals surface area contributed by atoms with E-state index in [-0.39, 0.29) is 5.91 Å². The quantitative estimate of drug-likeness (QED) is 0.915. The van der Waals surface area contributed by atoms with Crippen molar-refractivity contribution in [3.63, 3.8) is 0 Å². The molecule has 1 unspecified atom stereocenters. The highest BCUT2D eigenvalue weighted by molar-refractivity contribution is 7.21. The van der Waals surface area contributed by atoms with Crippen molar-refractivity contribution in [2.24, 2.45) is 5.92 Å². The Morgan fingerprint density at radius 1 is 1.30 bits per heavy atom. The van der Waals surface area contributed by atoms with Crippen LogP contribution in [-0.4, -0.2) is 35.5 Å². The number of thiophene rings is 1. The van der Waals surface area contributed by atoms with Gasteiger partial charge in [0.25, 0.3) is 5.91 Å². The molecule has 2 bridgehead atoms. The average Bonchev–Trinajstić information content (AvgIpc) is 3.21. The minimum Gasteiger partial charge on any atom is -0.346 e. The van der Waals surface area contributed by atoms with Crippen LogP contribution in [0.4, 0.5) is 0 Å². The van der Waals surface area contributed by atoms with Crippen molar-refractivity contribution in [2.75, 3.05) is 13.1 Å². The molecule has 1 N–H and O–H groups in total. The number of fused-ring (bicyclic) bond motifs is 3. The summed E-state index contributed by atoms with van der Waals surface area (Å²) in [7, 11) is 0. The molecule has 4 fully saturated rings. The van der Waals surface area contributed by atoms with Crippen LogP contribution in [0.15, 0.2) is 24.3 Å². The van der Waals surface area contributed by atoms with E-state index < -0.39 is 0 Å². The van der Waals surface area contributed by atoms with Gasteiger partial charge in [-0.15, -0.1) is 11.3 Å². The number of nitrogens with zero attached hydrogens (tertiary/aromatic N) is 1. The van der Waals surface area contributed by atoms with E-state index in [1.165, 1.54) is 54.4 Å². The molecule has 3 aliphatic heterocycles. The number of hydrogen-bond donors (Lipinski definition) is 1. The molecular formula is C19H22N2OS. The van der Waals surface area contributed by atoms with E-state index in [9.17, 15) is 4.79 Å². The van der Waals surface area contributed by atoms with Crippen molar-refractivity contribution in [2.45, 2.75) is 44.2 Å². The molecule has 1 saturated carbocycles. The lowest BCUT2D eigenvalue weighted by Gasteiger charge is -2.52. The van der Waals surface area contributed by atoms with Crippen molar-refractivity contribution >= 4 is 27.3 Å². The zero-order chi connectivity index (χ0) is 15.6. The Balaban J connectivity index is 1.43. The van der Waals surface area contributed by atoms with Gasteiger partial charge >= 0.3 is 0 Å². The molecule has 120 valence electrons. The number of benzene rings is 1. The van der Waals surface area contributed by atoms with E-state index in [4.69, 9.17) is 0 Å². The maximum absolute atomic E-state index is 12.9. The van der Waals surface area contributed by atoms with Crippen LogP contribution in [0.5, 0.6) is 0 Å². The number of carbonyl (C=O) groups is 1. The van der Waals surface area contributed by atoms with Crippen LogP contribution in [0, 0.1) is 12.8 Å². The number of hydrogen-bond acceptors (Lipinski definition) is 3. The largest absolute Gasteiger partial charge is 0.346 e. The summed E-state index contributed by atoms with van der Waals surface area (Å²) in [6, 6.07) is 8.71. The highest BCUT2D eigenvalue weighted by atomic mass is 32.1. The second-order valence-electron chi connectivity index (χ2n) is 7.48. The van der Waals surface area contributed by atoms with Crippen LogP contribution in [0.2, 0.25) is 0 Å². The molecule has 1 aromatic carbocycles. The summed E-state index contributed by atoms with van der Waals surface area (Å²) in [5, 5.41) is 4.62. The van der Waals surface area contributed by atoms with Gasteiger partial charge in [0.2, 0.25) is 0 Å². The van der Waals surface area contributed by atoms with Crippen molar-refractivity contribution in [3.05, 3.63) is 34.7 Å². The summed E-state index contributed by atoms with van der Waals surface area (Å²) in [5.74, 6) is 0.818. The Hall–Kier alpha value is -1.39. The second kappa shape index (κ2) is 4.81. The smallest absolute Gasteiger partial charge is 0.261 e. The molecule has 3 nitrogen and oxygen atoms in total. The summed E-state index contributed by atoms with van der Waals surface area (Å²) in [6.07, 6.45) is 5.02. The van der Waals surface area contributed by atoms with Crippen LogP contribution < -0.4 is 5.32 Å². The predicted octanol–water partition coefficient (Wildman–Crippen LogP) is 3.57. The Morgan fingerprint density at radius 2 is 2.09 bits per heavy atom. The van der Waals surface area contributed by atoms with E-state index >= 15 is 0 Å². The molecule has 1 spiro atoms. The fourth-order valence-corrected chi connectivity index (χ4v) is 5.89. The normalized spacial score (nSPS) is 30.7. The van der Waals surface area contributed by atoms with Crippen LogP contribution >= 0.6 is 11.3 Å². The molecular weight excluding hydrogens is 304 g/mol. The molecule has 4 heteroatoms. The van der Waals surface area contributed by atoms with Crippen molar-refractivity contribution in [1.82, 2.24) is 10.2 Å². The van der Waals surface area contributed by atoms with Crippen molar-refractivity contribution in [1.29, 1.82) is 0 Å². The molecule has 3 saturated heterocycles. The van der Waals surface area contributed by atoms with Gasteiger partial charge in [0.05, 0.1) is 10.9 Å². The van der Waals surface area contributed by atoms with E-state index in [2.05, 4.69) is 41.4 Å². The van der Waals surface area contributed by atoms with Gasteiger partial charge in [-0.2, -0.15) is 0 Å². The number of amides is 1. The van der Waals surface area contributed by atoms with Crippen molar-refractivity contribution in [3.8, 4) is 0 Å². The number of aryl methyl sites for hydroxylation is 1. The van der Waals surface area contributed by atoms with Gasteiger partial charge in [-0.1, -0.05) is 18.2 Å². The first-order valence-corrected chi connectivity index (χ1v) is 9.54. The van der Waals surface area contributed by atoms with E-state index in [0.717, 1.165) is 4.88 Å². The van der Waals surface area contributed by atoms with E-state index in [1.54, 1.807) is 11.3 Å². The molecule has 1 aliphatic carbocycles. The monoisotopic (exact) mass is 326 g/mol. The van der Waals surface area contributed by atoms with Gasteiger partial charge in [0.15, 0.2) is 0 Å². The third-order valence-electron chi connectivity index (χ3n) is 6.23. The Morgan fingerprint density at radius 3 is 2.78 bits per heavy atom. The Labute approximate surface area is 140 Å². The zero-order valence-corrected chi connectivity index (χ0v) is 14.3. The van der Waals surface area contributed by atoms with Gasteiger partial charge < -0.3 is 5.32 Å². The van der Waals surface area contributed by atoms with Gasteiger partial charge in [0, 0.05) is 10.2 Å². The molecule has 4 aliphatic rings. The molecule has 1 aromatic heterocycles. The molecule has 1 atom stereocenters.